The molecule has 5 heteroatoms. The first-order valence-corrected chi connectivity index (χ1v) is 8.58. The number of rotatable bonds is 3. The van der Waals surface area contributed by atoms with E-state index in [0.717, 1.165) is 57.0 Å². The second-order valence-electron chi connectivity index (χ2n) is 5.96. The fraction of sp³-hybridized carbons (Fsp3) is 0.625. The molecule has 1 N–H and O–H groups in total. The lowest BCUT2D eigenvalue weighted by molar-refractivity contribution is 0.122. The maximum absolute atomic E-state index is 5.48. The Kier molecular flexibility index (Phi) is 5.16. The molecule has 21 heavy (non-hydrogen) atoms. The van der Waals surface area contributed by atoms with E-state index in [-0.39, 0.29) is 0 Å². The summed E-state index contributed by atoms with van der Waals surface area (Å²) in [5.41, 5.74) is 2.79. The van der Waals surface area contributed by atoms with Crippen molar-refractivity contribution in [3.05, 3.63) is 28.2 Å². The largest absolute Gasteiger partial charge is 0.378 e. The standard InChI is InChI=1S/C16H24BrN3O/c1-13-11-19(5-4-18-13)12-14-2-3-15(17)10-16(14)20-6-8-21-9-7-20/h2-3,10,13,18H,4-9,11-12H2,1H3/t13-/m1/s1. The molecule has 0 saturated carbocycles. The quantitative estimate of drug-likeness (QED) is 0.900. The number of morpholine rings is 1. The van der Waals surface area contributed by atoms with Crippen LogP contribution < -0.4 is 10.2 Å². The maximum Gasteiger partial charge on any atom is 0.0642 e. The predicted molar refractivity (Wildman–Crippen MR) is 89.9 cm³/mol. The minimum atomic E-state index is 0.584. The van der Waals surface area contributed by atoms with Crippen molar-refractivity contribution in [1.29, 1.82) is 0 Å². The molecule has 2 saturated heterocycles. The summed E-state index contributed by atoms with van der Waals surface area (Å²) in [7, 11) is 0. The van der Waals surface area contributed by atoms with Gasteiger partial charge in [0.1, 0.15) is 0 Å². The summed E-state index contributed by atoms with van der Waals surface area (Å²) in [5, 5.41) is 3.51. The molecule has 0 bridgehead atoms. The third-order valence-electron chi connectivity index (χ3n) is 4.25. The predicted octanol–water partition coefficient (Wildman–Crippen LogP) is 2.08. The van der Waals surface area contributed by atoms with E-state index in [4.69, 9.17) is 4.74 Å². The molecule has 0 spiro atoms. The van der Waals surface area contributed by atoms with Gasteiger partial charge in [0.05, 0.1) is 13.2 Å². The van der Waals surface area contributed by atoms with Gasteiger partial charge in [-0.05, 0) is 24.6 Å². The zero-order valence-corrected chi connectivity index (χ0v) is 14.2. The highest BCUT2D eigenvalue weighted by Gasteiger charge is 2.19. The van der Waals surface area contributed by atoms with Crippen LogP contribution in [0.25, 0.3) is 0 Å². The van der Waals surface area contributed by atoms with Crippen molar-refractivity contribution in [3.8, 4) is 0 Å². The van der Waals surface area contributed by atoms with Crippen molar-refractivity contribution < 1.29 is 4.74 Å². The third kappa shape index (κ3) is 3.97. The molecule has 0 aromatic heterocycles. The summed E-state index contributed by atoms with van der Waals surface area (Å²) in [6, 6.07) is 7.26. The van der Waals surface area contributed by atoms with E-state index in [1.165, 1.54) is 11.3 Å². The van der Waals surface area contributed by atoms with Gasteiger partial charge in [-0.15, -0.1) is 0 Å². The number of halogens is 1. The Balaban J connectivity index is 1.77. The Bertz CT molecular complexity index is 477. The van der Waals surface area contributed by atoms with Gasteiger partial charge in [0, 0.05) is 55.5 Å². The Labute approximate surface area is 135 Å². The SMILES string of the molecule is C[C@@H]1CN(Cc2ccc(Br)cc2N2CCOCC2)CCN1. The lowest BCUT2D eigenvalue weighted by atomic mass is 10.1. The minimum Gasteiger partial charge on any atom is -0.378 e. The van der Waals surface area contributed by atoms with Crippen LogP contribution in [0, 0.1) is 0 Å². The van der Waals surface area contributed by atoms with E-state index in [1.807, 2.05) is 0 Å². The molecule has 3 rings (SSSR count). The Morgan fingerprint density at radius 3 is 2.86 bits per heavy atom. The van der Waals surface area contributed by atoms with Crippen molar-refractivity contribution in [2.24, 2.45) is 0 Å². The first kappa shape index (κ1) is 15.3. The highest BCUT2D eigenvalue weighted by Crippen LogP contribution is 2.27. The summed E-state index contributed by atoms with van der Waals surface area (Å²) < 4.78 is 6.64. The molecule has 0 unspecified atom stereocenters. The Hall–Kier alpha value is -0.620. The van der Waals surface area contributed by atoms with Crippen LogP contribution in [0.1, 0.15) is 12.5 Å². The molecule has 2 fully saturated rings. The fourth-order valence-corrected chi connectivity index (χ4v) is 3.52. The number of piperazine rings is 1. The van der Waals surface area contributed by atoms with E-state index in [9.17, 15) is 0 Å². The van der Waals surface area contributed by atoms with Gasteiger partial charge < -0.3 is 15.0 Å². The zero-order chi connectivity index (χ0) is 14.7. The summed E-state index contributed by atoms with van der Waals surface area (Å²) in [5.74, 6) is 0. The first-order valence-electron chi connectivity index (χ1n) is 7.79. The number of nitrogens with zero attached hydrogens (tertiary/aromatic N) is 2. The average Bonchev–Trinajstić information content (AvgIpc) is 2.50. The lowest BCUT2D eigenvalue weighted by Gasteiger charge is -2.35. The molecule has 0 amide bonds. The Morgan fingerprint density at radius 1 is 1.29 bits per heavy atom. The fourth-order valence-electron chi connectivity index (χ4n) is 3.17. The molecule has 116 valence electrons. The summed E-state index contributed by atoms with van der Waals surface area (Å²) in [6.45, 7) is 10.3. The van der Waals surface area contributed by atoms with Gasteiger partial charge in [0.25, 0.3) is 0 Å². The van der Waals surface area contributed by atoms with Gasteiger partial charge in [0.2, 0.25) is 0 Å². The normalized spacial score (nSPS) is 24.3. The van der Waals surface area contributed by atoms with Crippen molar-refractivity contribution in [1.82, 2.24) is 10.2 Å². The smallest absolute Gasteiger partial charge is 0.0642 e. The number of nitrogens with one attached hydrogen (secondary N) is 1. The van der Waals surface area contributed by atoms with Gasteiger partial charge in [-0.1, -0.05) is 22.0 Å². The minimum absolute atomic E-state index is 0.584. The van der Waals surface area contributed by atoms with Crippen molar-refractivity contribution in [3.63, 3.8) is 0 Å². The molecule has 2 aliphatic rings. The highest BCUT2D eigenvalue weighted by molar-refractivity contribution is 9.10. The van der Waals surface area contributed by atoms with Crippen molar-refractivity contribution in [2.45, 2.75) is 19.5 Å². The van der Waals surface area contributed by atoms with Gasteiger partial charge in [-0.25, -0.2) is 0 Å². The first-order chi connectivity index (χ1) is 10.2. The maximum atomic E-state index is 5.48. The molecule has 1 aromatic rings. The van der Waals surface area contributed by atoms with E-state index in [1.54, 1.807) is 0 Å². The molecule has 0 aliphatic carbocycles. The van der Waals surface area contributed by atoms with Gasteiger partial charge in [-0.3, -0.25) is 4.90 Å². The van der Waals surface area contributed by atoms with E-state index >= 15 is 0 Å². The average molecular weight is 354 g/mol. The third-order valence-corrected chi connectivity index (χ3v) is 4.74. The van der Waals surface area contributed by atoms with Crippen LogP contribution in [0.4, 0.5) is 5.69 Å². The number of hydrogen-bond donors (Lipinski definition) is 1. The van der Waals surface area contributed by atoms with Gasteiger partial charge in [0.15, 0.2) is 0 Å². The van der Waals surface area contributed by atoms with Crippen LogP contribution in [0.2, 0.25) is 0 Å². The number of anilines is 1. The van der Waals surface area contributed by atoms with E-state index in [0.29, 0.717) is 6.04 Å². The lowest BCUT2D eigenvalue weighted by Crippen LogP contribution is -2.48. The van der Waals surface area contributed by atoms with E-state index < -0.39 is 0 Å². The highest BCUT2D eigenvalue weighted by atomic mass is 79.9. The second kappa shape index (κ2) is 7.09. The number of hydrogen-bond acceptors (Lipinski definition) is 4. The van der Waals surface area contributed by atoms with Crippen LogP contribution in [0.3, 0.4) is 0 Å². The van der Waals surface area contributed by atoms with Crippen LogP contribution >= 0.6 is 15.9 Å². The summed E-state index contributed by atoms with van der Waals surface area (Å²) >= 11 is 3.62. The van der Waals surface area contributed by atoms with Crippen LogP contribution in [0.5, 0.6) is 0 Å². The molecule has 2 aliphatic heterocycles. The second-order valence-corrected chi connectivity index (χ2v) is 6.88. The van der Waals surface area contributed by atoms with Crippen LogP contribution in [0.15, 0.2) is 22.7 Å². The van der Waals surface area contributed by atoms with Gasteiger partial charge in [-0.2, -0.15) is 0 Å². The topological polar surface area (TPSA) is 27.7 Å². The molecular formula is C16H24BrN3O. The Morgan fingerprint density at radius 2 is 2.10 bits per heavy atom. The van der Waals surface area contributed by atoms with Crippen molar-refractivity contribution in [2.75, 3.05) is 50.8 Å². The van der Waals surface area contributed by atoms with E-state index in [2.05, 4.69) is 56.2 Å². The molecular weight excluding hydrogens is 330 g/mol. The number of ether oxygens (including phenoxy) is 1. The molecule has 1 atom stereocenters. The molecule has 0 radical (unpaired) electrons. The van der Waals surface area contributed by atoms with Crippen LogP contribution in [-0.2, 0) is 11.3 Å². The zero-order valence-electron chi connectivity index (χ0n) is 12.6. The summed E-state index contributed by atoms with van der Waals surface area (Å²) in [4.78, 5) is 5.00. The van der Waals surface area contributed by atoms with Crippen LogP contribution in [-0.4, -0.2) is 56.9 Å². The molecule has 1 aromatic carbocycles. The number of benzene rings is 1. The molecule has 4 nitrogen and oxygen atoms in total. The summed E-state index contributed by atoms with van der Waals surface area (Å²) in [6.07, 6.45) is 0. The van der Waals surface area contributed by atoms with Crippen molar-refractivity contribution >= 4 is 21.6 Å². The monoisotopic (exact) mass is 353 g/mol. The molecule has 2 heterocycles. The van der Waals surface area contributed by atoms with Gasteiger partial charge >= 0.3 is 0 Å².